The van der Waals surface area contributed by atoms with Gasteiger partial charge in [-0.3, -0.25) is 5.43 Å². The summed E-state index contributed by atoms with van der Waals surface area (Å²) in [5.74, 6) is 0.238. The summed E-state index contributed by atoms with van der Waals surface area (Å²) in [7, 11) is 0. The minimum absolute atomic E-state index is 0.238. The molecular weight excluding hydrogens is 389 g/mol. The first kappa shape index (κ1) is 19.7. The molecule has 30 heavy (non-hydrogen) atoms. The molecule has 2 aromatic carbocycles. The fourth-order valence-electron chi connectivity index (χ4n) is 3.49. The number of hydrazone groups is 1. The molecule has 2 heterocycles. The van der Waals surface area contributed by atoms with Crippen molar-refractivity contribution in [2.75, 3.05) is 5.43 Å². The molecule has 0 unspecified atom stereocenters. The van der Waals surface area contributed by atoms with Crippen molar-refractivity contribution in [2.45, 2.75) is 20.0 Å². The van der Waals surface area contributed by atoms with Crippen LogP contribution < -0.4 is 5.43 Å². The van der Waals surface area contributed by atoms with Crippen LogP contribution in [0.3, 0.4) is 0 Å². The van der Waals surface area contributed by atoms with E-state index in [0.29, 0.717) is 0 Å². The van der Waals surface area contributed by atoms with E-state index in [1.54, 1.807) is 6.21 Å². The van der Waals surface area contributed by atoms with Gasteiger partial charge < -0.3 is 4.57 Å². The van der Waals surface area contributed by atoms with Gasteiger partial charge in [-0.2, -0.15) is 18.3 Å². The van der Waals surface area contributed by atoms with Crippen molar-refractivity contribution in [1.29, 1.82) is 0 Å². The number of halogens is 3. The predicted octanol–water partition coefficient (Wildman–Crippen LogP) is 6.11. The zero-order valence-corrected chi connectivity index (χ0v) is 16.4. The van der Waals surface area contributed by atoms with Crippen LogP contribution in [0.1, 0.15) is 22.5 Å². The van der Waals surface area contributed by atoms with E-state index in [4.69, 9.17) is 0 Å². The maximum absolute atomic E-state index is 12.6. The molecule has 152 valence electrons. The number of hydrogen-bond donors (Lipinski definition) is 1. The lowest BCUT2D eigenvalue weighted by Gasteiger charge is -2.13. The Morgan fingerprint density at radius 1 is 1.00 bits per heavy atom. The number of fused-ring (bicyclic) bond motifs is 1. The van der Waals surface area contributed by atoms with Crippen molar-refractivity contribution in [1.82, 2.24) is 9.55 Å². The van der Waals surface area contributed by atoms with Gasteiger partial charge in [-0.05, 0) is 43.5 Å². The lowest BCUT2D eigenvalue weighted by atomic mass is 10.1. The van der Waals surface area contributed by atoms with E-state index >= 15 is 0 Å². The fourth-order valence-corrected chi connectivity index (χ4v) is 3.49. The molecule has 4 rings (SSSR count). The highest BCUT2D eigenvalue weighted by molar-refractivity contribution is 5.91. The van der Waals surface area contributed by atoms with Crippen LogP contribution in [0.2, 0.25) is 0 Å². The summed E-state index contributed by atoms with van der Waals surface area (Å²) in [4.78, 5) is 3.75. The van der Waals surface area contributed by atoms with E-state index in [0.717, 1.165) is 45.7 Å². The molecule has 0 saturated carbocycles. The van der Waals surface area contributed by atoms with Gasteiger partial charge >= 0.3 is 6.18 Å². The van der Waals surface area contributed by atoms with Crippen LogP contribution in [0.15, 0.2) is 72.0 Å². The minimum atomic E-state index is -4.41. The van der Waals surface area contributed by atoms with E-state index in [1.807, 2.05) is 38.1 Å². The molecule has 1 N–H and O–H groups in total. The van der Waals surface area contributed by atoms with Crippen LogP contribution in [-0.2, 0) is 6.18 Å². The standard InChI is InChI=1S/C23H19F3N4/c1-15-12-18(13-28-29-22-11-10-19(14-27-22)23(24,25)26)16(2)30(15)21-9-5-7-17-6-3-4-8-20(17)21/h3-14H,1-2H3,(H,27,29)/b28-13-. The zero-order valence-electron chi connectivity index (χ0n) is 16.4. The Hall–Kier alpha value is -3.61. The van der Waals surface area contributed by atoms with Crippen molar-refractivity contribution in [3.05, 3.63) is 89.4 Å². The van der Waals surface area contributed by atoms with Crippen LogP contribution in [0, 0.1) is 13.8 Å². The number of rotatable bonds is 4. The number of pyridine rings is 1. The number of benzene rings is 2. The third-order valence-corrected chi connectivity index (χ3v) is 4.95. The molecule has 0 aliphatic rings. The number of anilines is 1. The molecule has 0 fully saturated rings. The summed E-state index contributed by atoms with van der Waals surface area (Å²) in [6.45, 7) is 4.03. The van der Waals surface area contributed by atoms with Gasteiger partial charge in [0, 0.05) is 28.5 Å². The Labute approximate surface area is 171 Å². The zero-order chi connectivity index (χ0) is 21.3. The number of alkyl halides is 3. The summed E-state index contributed by atoms with van der Waals surface area (Å²) in [5.41, 5.74) is 5.93. The van der Waals surface area contributed by atoms with Crippen LogP contribution in [0.4, 0.5) is 19.0 Å². The molecule has 0 saturated heterocycles. The monoisotopic (exact) mass is 408 g/mol. The molecule has 0 spiro atoms. The first-order chi connectivity index (χ1) is 14.3. The van der Waals surface area contributed by atoms with E-state index in [2.05, 4.69) is 44.3 Å². The van der Waals surface area contributed by atoms with Crippen molar-refractivity contribution >= 4 is 22.8 Å². The Bertz CT molecular complexity index is 1220. The number of hydrogen-bond acceptors (Lipinski definition) is 3. The van der Waals surface area contributed by atoms with Gasteiger partial charge in [0.25, 0.3) is 0 Å². The maximum Gasteiger partial charge on any atom is 0.417 e. The highest BCUT2D eigenvalue weighted by atomic mass is 19.4. The Morgan fingerprint density at radius 2 is 1.77 bits per heavy atom. The average molecular weight is 408 g/mol. The predicted molar refractivity (Wildman–Crippen MR) is 113 cm³/mol. The molecule has 7 heteroatoms. The topological polar surface area (TPSA) is 42.2 Å². The first-order valence-electron chi connectivity index (χ1n) is 9.34. The second-order valence-electron chi connectivity index (χ2n) is 6.96. The summed E-state index contributed by atoms with van der Waals surface area (Å²) >= 11 is 0. The molecule has 2 aromatic heterocycles. The van der Waals surface area contributed by atoms with Crippen LogP contribution in [-0.4, -0.2) is 15.8 Å². The highest BCUT2D eigenvalue weighted by Crippen LogP contribution is 2.29. The summed E-state index contributed by atoms with van der Waals surface area (Å²) < 4.78 is 40.0. The molecule has 0 bridgehead atoms. The molecule has 4 nitrogen and oxygen atoms in total. The third-order valence-electron chi connectivity index (χ3n) is 4.95. The number of nitrogens with one attached hydrogen (secondary N) is 1. The Kier molecular flexibility index (Phi) is 5.03. The quantitative estimate of drug-likeness (QED) is 0.327. The van der Waals surface area contributed by atoms with Crippen molar-refractivity contribution in [3.8, 4) is 5.69 Å². The largest absolute Gasteiger partial charge is 0.417 e. The van der Waals surface area contributed by atoms with Crippen molar-refractivity contribution < 1.29 is 13.2 Å². The molecule has 0 atom stereocenters. The first-order valence-corrected chi connectivity index (χ1v) is 9.34. The van der Waals surface area contributed by atoms with Gasteiger partial charge in [-0.1, -0.05) is 36.4 Å². The smallest absolute Gasteiger partial charge is 0.317 e. The Morgan fingerprint density at radius 3 is 2.50 bits per heavy atom. The van der Waals surface area contributed by atoms with Crippen LogP contribution >= 0.6 is 0 Å². The van der Waals surface area contributed by atoms with Crippen molar-refractivity contribution in [3.63, 3.8) is 0 Å². The van der Waals surface area contributed by atoms with Gasteiger partial charge in [0.1, 0.15) is 5.82 Å². The summed E-state index contributed by atoms with van der Waals surface area (Å²) in [5, 5.41) is 6.45. The van der Waals surface area contributed by atoms with Crippen molar-refractivity contribution in [2.24, 2.45) is 5.10 Å². The lowest BCUT2D eigenvalue weighted by molar-refractivity contribution is -0.137. The molecule has 0 radical (unpaired) electrons. The second kappa shape index (κ2) is 7.67. The lowest BCUT2D eigenvalue weighted by Crippen LogP contribution is -2.05. The van der Waals surface area contributed by atoms with Crippen LogP contribution in [0.5, 0.6) is 0 Å². The minimum Gasteiger partial charge on any atom is -0.317 e. The number of aromatic nitrogens is 2. The SMILES string of the molecule is Cc1cc(/C=N\Nc2ccc(C(F)(F)F)cn2)c(C)n1-c1cccc2ccccc12. The average Bonchev–Trinajstić information content (AvgIpc) is 3.00. The number of nitrogens with zero attached hydrogens (tertiary/aromatic N) is 3. The van der Waals surface area contributed by atoms with Gasteiger partial charge in [0.05, 0.1) is 17.5 Å². The molecule has 0 aliphatic heterocycles. The number of aryl methyl sites for hydroxylation is 1. The molecule has 0 amide bonds. The van der Waals surface area contributed by atoms with Gasteiger partial charge in [0.15, 0.2) is 0 Å². The van der Waals surface area contributed by atoms with Gasteiger partial charge in [-0.15, -0.1) is 0 Å². The van der Waals surface area contributed by atoms with E-state index < -0.39 is 11.7 Å². The molecular formula is C23H19F3N4. The molecule has 0 aliphatic carbocycles. The van der Waals surface area contributed by atoms with E-state index in [9.17, 15) is 13.2 Å². The van der Waals surface area contributed by atoms with E-state index in [1.165, 1.54) is 6.07 Å². The highest BCUT2D eigenvalue weighted by Gasteiger charge is 2.30. The normalized spacial score (nSPS) is 12.0. The van der Waals surface area contributed by atoms with Gasteiger partial charge in [-0.25, -0.2) is 4.98 Å². The van der Waals surface area contributed by atoms with Crippen LogP contribution in [0.25, 0.3) is 16.5 Å². The van der Waals surface area contributed by atoms with E-state index in [-0.39, 0.29) is 5.82 Å². The Balaban J connectivity index is 1.60. The third kappa shape index (κ3) is 3.78. The summed E-state index contributed by atoms with van der Waals surface area (Å²) in [6, 6.07) is 18.6. The molecule has 4 aromatic rings. The maximum atomic E-state index is 12.6. The van der Waals surface area contributed by atoms with Gasteiger partial charge in [0.2, 0.25) is 0 Å². The second-order valence-corrected chi connectivity index (χ2v) is 6.96. The fraction of sp³-hybridized carbons (Fsp3) is 0.130. The summed E-state index contributed by atoms with van der Waals surface area (Å²) in [6.07, 6.45) is -1.98.